The van der Waals surface area contributed by atoms with Gasteiger partial charge in [-0.15, -0.1) is 0 Å². The van der Waals surface area contributed by atoms with Gasteiger partial charge in [-0.05, 0) is 208 Å². The average molecular weight is 2160 g/mol. The van der Waals surface area contributed by atoms with E-state index in [4.69, 9.17) is 25.9 Å². The monoisotopic (exact) mass is 2160 g/mol. The number of aryl methyl sites for hydroxylation is 2. The summed E-state index contributed by atoms with van der Waals surface area (Å²) in [7, 11) is 1.57. The minimum Gasteiger partial charge on any atom is -0.398 e. The molecule has 0 spiro atoms. The van der Waals surface area contributed by atoms with E-state index < -0.39 is 66.3 Å². The second-order valence-corrected chi connectivity index (χ2v) is 44.2. The number of hydrogen-bond donors (Lipinski definition) is 0. The molecule has 0 amide bonds. The van der Waals surface area contributed by atoms with Gasteiger partial charge in [-0.2, -0.15) is 36.5 Å². The standard InChI is InChI=1S/C22H14F3N5O.C18H9ClF3N3O.4C18H15P.C10H17BN2O2.Pd/c1-29-18(9-10-27-29)16-6-7-17-20(28-16)21-13(12-26-17)5-8-19(31)30(21)15-4-2-3-14(11-15)22(23,24)25;19-14-6-5-13-16(24-14)17-10(9-23-13)4-7-15(26)25(17)12-3-1-2-11(8-12)18(20,21)22;4*1-4-10-16(11-5-1)19(17-12-6-2-7-13-17)18-14-8-3-9-15-18;1-9(2)10(3,4)15-11(14-9)8-6-7-12-13(8)5;/h2-12H,1H3;1-9H;4*1-15H;6-7H,1-5H3;. The van der Waals surface area contributed by atoms with Crippen LogP contribution in [0, 0.1) is 0 Å². The summed E-state index contributed by atoms with van der Waals surface area (Å²) in [6.45, 7) is 8.18. The molecular formula is C122H100BClF6N10O4P4Pd. The van der Waals surface area contributed by atoms with Crippen LogP contribution in [0.2, 0.25) is 5.15 Å². The molecule has 744 valence electrons. The zero-order valence-electron chi connectivity index (χ0n) is 81.8. The van der Waals surface area contributed by atoms with E-state index in [-0.39, 0.29) is 55.3 Å². The van der Waals surface area contributed by atoms with Crippen molar-refractivity contribution in [1.29, 1.82) is 0 Å². The predicted octanol–water partition coefficient (Wildman–Crippen LogP) is 23.5. The Balaban J connectivity index is 0.000000125. The van der Waals surface area contributed by atoms with Crippen molar-refractivity contribution in [2.45, 2.75) is 51.2 Å². The van der Waals surface area contributed by atoms with Gasteiger partial charge in [0.15, 0.2) is 0 Å². The third kappa shape index (κ3) is 26.5. The summed E-state index contributed by atoms with van der Waals surface area (Å²) in [5.41, 5.74) is 1.78. The maximum absolute atomic E-state index is 13.3. The molecule has 0 unspecified atom stereocenters. The van der Waals surface area contributed by atoms with E-state index in [0.717, 1.165) is 35.6 Å². The Morgan fingerprint density at radius 3 is 0.839 bits per heavy atom. The van der Waals surface area contributed by atoms with Gasteiger partial charge in [-0.3, -0.25) is 38.1 Å². The van der Waals surface area contributed by atoms with E-state index in [9.17, 15) is 35.9 Å². The van der Waals surface area contributed by atoms with Crippen LogP contribution in [0.1, 0.15) is 38.8 Å². The Morgan fingerprint density at radius 2 is 0.577 bits per heavy atom. The molecule has 1 aliphatic rings. The average Bonchev–Trinajstić information content (AvgIpc) is 1.63. The molecule has 0 radical (unpaired) electrons. The van der Waals surface area contributed by atoms with Crippen LogP contribution >= 0.6 is 43.3 Å². The van der Waals surface area contributed by atoms with Crippen molar-refractivity contribution in [1.82, 2.24) is 48.6 Å². The van der Waals surface area contributed by atoms with Crippen molar-refractivity contribution in [3.8, 4) is 22.8 Å². The first-order valence-electron chi connectivity index (χ1n) is 47.6. The molecule has 27 heteroatoms. The fraction of sp³-hybridized carbons (Fsp3) is 0.0820. The molecule has 1 fully saturated rings. The number of nitrogens with zero attached hydrogens (tertiary/aromatic N) is 10. The quantitative estimate of drug-likeness (QED) is 0.0301. The van der Waals surface area contributed by atoms with Gasteiger partial charge < -0.3 is 9.31 Å². The summed E-state index contributed by atoms with van der Waals surface area (Å²) < 4.78 is 96.8. The number of hydrogen-bond acceptors (Lipinski definition) is 10. The number of benzene rings is 14. The zero-order valence-corrected chi connectivity index (χ0v) is 87.7. The summed E-state index contributed by atoms with van der Waals surface area (Å²) in [5, 5.41) is 26.4. The maximum Gasteiger partial charge on any atom is 0.514 e. The minimum atomic E-state index is -4.53. The Kier molecular flexibility index (Phi) is 35.8. The van der Waals surface area contributed by atoms with E-state index in [1.54, 1.807) is 77.5 Å². The van der Waals surface area contributed by atoms with Crippen molar-refractivity contribution < 1.29 is 56.1 Å². The van der Waals surface area contributed by atoms with Crippen LogP contribution in [0.4, 0.5) is 26.3 Å². The van der Waals surface area contributed by atoms with Gasteiger partial charge in [0.1, 0.15) is 16.2 Å². The van der Waals surface area contributed by atoms with Gasteiger partial charge in [0, 0.05) is 93.6 Å². The normalized spacial score (nSPS) is 12.3. The van der Waals surface area contributed by atoms with Crippen molar-refractivity contribution in [2.24, 2.45) is 14.1 Å². The summed E-state index contributed by atoms with van der Waals surface area (Å²) in [6, 6.07) is 155. The maximum atomic E-state index is 13.3. The molecule has 9 heterocycles. The van der Waals surface area contributed by atoms with E-state index in [1.807, 2.05) is 40.8 Å². The van der Waals surface area contributed by atoms with Crippen molar-refractivity contribution >= 4 is 164 Å². The molecule has 22 aromatic rings. The number of halogens is 7. The predicted molar refractivity (Wildman–Crippen MR) is 602 cm³/mol. The number of rotatable bonds is 16. The summed E-state index contributed by atoms with van der Waals surface area (Å²) in [5.74, 6) is 0. The molecule has 0 saturated carbocycles. The summed E-state index contributed by atoms with van der Waals surface area (Å²) >= 11 is 5.97. The molecule has 0 atom stereocenters. The van der Waals surface area contributed by atoms with Crippen molar-refractivity contribution in [2.75, 3.05) is 0 Å². The van der Waals surface area contributed by atoms with Crippen LogP contribution in [0.15, 0.2) is 508 Å². The van der Waals surface area contributed by atoms with E-state index in [0.29, 0.717) is 49.6 Å². The molecule has 14 nitrogen and oxygen atoms in total. The van der Waals surface area contributed by atoms with Crippen LogP contribution in [-0.4, -0.2) is 67.0 Å². The third-order valence-electron chi connectivity index (χ3n) is 24.6. The van der Waals surface area contributed by atoms with E-state index in [2.05, 4.69) is 389 Å². The van der Waals surface area contributed by atoms with Gasteiger partial charge in [0.05, 0.1) is 61.4 Å². The molecule has 0 bridgehead atoms. The number of aromatic nitrogens is 10. The third-order valence-corrected chi connectivity index (χ3v) is 34.6. The van der Waals surface area contributed by atoms with Crippen molar-refractivity contribution in [3.63, 3.8) is 0 Å². The molecule has 1 saturated heterocycles. The van der Waals surface area contributed by atoms with Gasteiger partial charge in [0.25, 0.3) is 11.1 Å². The zero-order chi connectivity index (χ0) is 103. The first kappa shape index (κ1) is 107. The number of pyridine rings is 6. The van der Waals surface area contributed by atoms with Crippen LogP contribution < -0.4 is 80.4 Å². The SMILES string of the molecule is Cn1nccc1-c1ccc2ncc3ccc(=O)n(-c4cccc(C(F)(F)F)c4)c3c2n1.Cn1nccc1B1OC(C)(C)C(C)(C)O1.O=c1ccc2cnc3ccc(Cl)nc3c2n1-c1cccc(C(F)(F)F)c1.[Pd].c1ccc(P(c2ccccc2)c2ccccc2)cc1.c1ccc(P(c2ccccc2)c2ccccc2)cc1.c1ccc(P(c2ccccc2)c2ccccc2)cc1.c1ccc(P(c2ccccc2)c2ccccc2)cc1. The molecular weight excluding hydrogens is 2060 g/mol. The topological polar surface area (TPSA) is 150 Å². The Bertz CT molecular complexity index is 7390. The van der Waals surface area contributed by atoms with E-state index >= 15 is 0 Å². The Labute approximate surface area is 884 Å². The molecule has 0 N–H and O–H groups in total. The van der Waals surface area contributed by atoms with Crippen LogP contribution in [0.25, 0.3) is 66.6 Å². The first-order chi connectivity index (χ1) is 71.8. The fourth-order valence-corrected chi connectivity index (χ4v) is 26.1. The summed E-state index contributed by atoms with van der Waals surface area (Å²) in [6.07, 6.45) is -2.54. The number of fused-ring (bicyclic) bond motifs is 6. The number of alkyl halides is 6. The van der Waals surface area contributed by atoms with Crippen LogP contribution in [0.3, 0.4) is 0 Å². The Hall–Kier alpha value is -14.7. The summed E-state index contributed by atoms with van der Waals surface area (Å²) in [4.78, 5) is 42.9. The molecule has 8 aromatic heterocycles. The van der Waals surface area contributed by atoms with Crippen LogP contribution in [-0.2, 0) is 56.2 Å². The van der Waals surface area contributed by atoms with Crippen LogP contribution in [0.5, 0.6) is 0 Å². The second kappa shape index (κ2) is 49.9. The molecule has 14 aromatic carbocycles. The van der Waals surface area contributed by atoms with Gasteiger partial charge in [-0.25, -0.2) is 9.97 Å². The first-order valence-corrected chi connectivity index (χ1v) is 53.3. The largest absolute Gasteiger partial charge is 0.514 e. The molecule has 1 aliphatic heterocycles. The molecule has 0 aliphatic carbocycles. The Morgan fingerprint density at radius 1 is 0.309 bits per heavy atom. The van der Waals surface area contributed by atoms with Gasteiger partial charge >= 0.3 is 19.5 Å². The van der Waals surface area contributed by atoms with Gasteiger partial charge in [-0.1, -0.05) is 388 Å². The van der Waals surface area contributed by atoms with Crippen molar-refractivity contribution in [3.05, 3.63) is 535 Å². The van der Waals surface area contributed by atoms with E-state index in [1.165, 1.54) is 115 Å². The van der Waals surface area contributed by atoms with Gasteiger partial charge in [0.2, 0.25) is 0 Å². The second-order valence-electron chi connectivity index (χ2n) is 35.0. The smallest absolute Gasteiger partial charge is 0.398 e. The fourth-order valence-electron chi connectivity index (χ4n) is 16.7. The minimum absolute atomic E-state index is 0. The molecule has 149 heavy (non-hydrogen) atoms. The molecule has 23 rings (SSSR count).